The topological polar surface area (TPSA) is 17.1 Å². The van der Waals surface area contributed by atoms with Gasteiger partial charge in [-0.15, -0.1) is 0 Å². The Morgan fingerprint density at radius 3 is 2.31 bits per heavy atom. The van der Waals surface area contributed by atoms with E-state index in [0.29, 0.717) is 12.2 Å². The first kappa shape index (κ1) is 13.2. The van der Waals surface area contributed by atoms with E-state index in [2.05, 4.69) is 0 Å². The number of rotatable bonds is 3. The summed E-state index contributed by atoms with van der Waals surface area (Å²) in [6.07, 6.45) is -4.06. The highest BCUT2D eigenvalue weighted by Gasteiger charge is 2.33. The quantitative estimate of drug-likeness (QED) is 0.803. The first-order valence-corrected chi connectivity index (χ1v) is 6.30. The molecule has 1 atom stereocenters. The van der Waals surface area contributed by atoms with Crippen molar-refractivity contribution in [3.63, 3.8) is 0 Å². The van der Waals surface area contributed by atoms with Crippen molar-refractivity contribution in [1.29, 1.82) is 0 Å². The fourth-order valence-corrected chi connectivity index (χ4v) is 2.24. The molecule has 1 aromatic rings. The smallest absolute Gasteiger partial charge is 0.254 e. The van der Waals surface area contributed by atoms with Crippen molar-refractivity contribution in [3.05, 3.63) is 29.3 Å². The molecular formula is C11H13F3OS. The molecule has 0 radical (unpaired) electrons. The van der Waals surface area contributed by atoms with Crippen LogP contribution in [0.1, 0.15) is 25.0 Å². The SMILES string of the molecule is CCc1ccc(S(=O)CC)cc1C(F)(F)F. The lowest BCUT2D eigenvalue weighted by Gasteiger charge is -2.13. The van der Waals surface area contributed by atoms with Crippen molar-refractivity contribution in [2.24, 2.45) is 0 Å². The fourth-order valence-electron chi connectivity index (χ4n) is 1.44. The highest BCUT2D eigenvalue weighted by molar-refractivity contribution is 7.85. The van der Waals surface area contributed by atoms with Gasteiger partial charge in [0.1, 0.15) is 0 Å². The van der Waals surface area contributed by atoms with Crippen LogP contribution in [0.3, 0.4) is 0 Å². The summed E-state index contributed by atoms with van der Waals surface area (Å²) < 4.78 is 49.5. The third-order valence-corrected chi connectivity index (χ3v) is 3.60. The molecule has 0 N–H and O–H groups in total. The third kappa shape index (κ3) is 2.84. The predicted octanol–water partition coefficient (Wildman–Crippen LogP) is 3.40. The van der Waals surface area contributed by atoms with Gasteiger partial charge in [-0.25, -0.2) is 0 Å². The monoisotopic (exact) mass is 250 g/mol. The van der Waals surface area contributed by atoms with Gasteiger partial charge in [0.05, 0.1) is 16.4 Å². The van der Waals surface area contributed by atoms with E-state index in [0.717, 1.165) is 6.07 Å². The lowest BCUT2D eigenvalue weighted by atomic mass is 10.1. The predicted molar refractivity (Wildman–Crippen MR) is 57.8 cm³/mol. The number of hydrogen-bond donors (Lipinski definition) is 0. The minimum Gasteiger partial charge on any atom is -0.254 e. The van der Waals surface area contributed by atoms with E-state index >= 15 is 0 Å². The van der Waals surface area contributed by atoms with Crippen molar-refractivity contribution in [1.82, 2.24) is 0 Å². The van der Waals surface area contributed by atoms with Gasteiger partial charge in [0, 0.05) is 10.6 Å². The molecule has 0 spiro atoms. The van der Waals surface area contributed by atoms with Gasteiger partial charge in [0.2, 0.25) is 0 Å². The normalized spacial score (nSPS) is 13.8. The van der Waals surface area contributed by atoms with E-state index in [1.807, 2.05) is 0 Å². The van der Waals surface area contributed by atoms with Crippen molar-refractivity contribution < 1.29 is 17.4 Å². The highest BCUT2D eigenvalue weighted by Crippen LogP contribution is 2.33. The first-order valence-electron chi connectivity index (χ1n) is 4.98. The summed E-state index contributed by atoms with van der Waals surface area (Å²) >= 11 is 0. The Labute approximate surface area is 95.1 Å². The largest absolute Gasteiger partial charge is 0.416 e. The molecule has 0 saturated carbocycles. The molecule has 0 heterocycles. The van der Waals surface area contributed by atoms with Gasteiger partial charge in [0.25, 0.3) is 0 Å². The van der Waals surface area contributed by atoms with Gasteiger partial charge in [-0.2, -0.15) is 13.2 Å². The molecule has 0 aliphatic rings. The number of hydrogen-bond acceptors (Lipinski definition) is 1. The molecule has 5 heteroatoms. The minimum atomic E-state index is -4.38. The molecule has 0 bridgehead atoms. The van der Waals surface area contributed by atoms with Crippen molar-refractivity contribution >= 4 is 10.8 Å². The Balaban J connectivity index is 3.27. The maximum atomic E-state index is 12.7. The zero-order valence-electron chi connectivity index (χ0n) is 9.10. The van der Waals surface area contributed by atoms with Crippen LogP contribution in [-0.4, -0.2) is 9.96 Å². The fraction of sp³-hybridized carbons (Fsp3) is 0.455. The second-order valence-electron chi connectivity index (χ2n) is 3.30. The maximum absolute atomic E-state index is 12.7. The summed E-state index contributed by atoms with van der Waals surface area (Å²) in [4.78, 5) is 0.243. The molecule has 0 aliphatic carbocycles. The van der Waals surface area contributed by atoms with Crippen molar-refractivity contribution in [3.8, 4) is 0 Å². The van der Waals surface area contributed by atoms with Crippen LogP contribution in [0.2, 0.25) is 0 Å². The number of aryl methyl sites for hydroxylation is 1. The molecule has 1 rings (SSSR count). The van der Waals surface area contributed by atoms with E-state index in [9.17, 15) is 17.4 Å². The lowest BCUT2D eigenvalue weighted by Crippen LogP contribution is -2.10. The molecule has 0 saturated heterocycles. The molecule has 0 aromatic heterocycles. The average Bonchev–Trinajstić information content (AvgIpc) is 2.26. The zero-order chi connectivity index (χ0) is 12.3. The van der Waals surface area contributed by atoms with Crippen LogP contribution in [0.25, 0.3) is 0 Å². The van der Waals surface area contributed by atoms with Gasteiger partial charge in [-0.05, 0) is 24.1 Å². The first-order chi connectivity index (χ1) is 7.40. The Bertz CT molecular complexity index is 399. The van der Waals surface area contributed by atoms with Gasteiger partial charge in [0.15, 0.2) is 0 Å². The maximum Gasteiger partial charge on any atom is 0.416 e. The summed E-state index contributed by atoms with van der Waals surface area (Å²) in [6, 6.07) is 3.91. The van der Waals surface area contributed by atoms with Crippen molar-refractivity contribution in [2.45, 2.75) is 31.3 Å². The molecule has 1 unspecified atom stereocenters. The number of alkyl halides is 3. The van der Waals surface area contributed by atoms with Crippen LogP contribution in [-0.2, 0) is 23.4 Å². The van der Waals surface area contributed by atoms with Gasteiger partial charge in [-0.1, -0.05) is 19.9 Å². The van der Waals surface area contributed by atoms with Crippen molar-refractivity contribution in [2.75, 3.05) is 5.75 Å². The molecule has 16 heavy (non-hydrogen) atoms. The molecule has 0 amide bonds. The average molecular weight is 250 g/mol. The second-order valence-corrected chi connectivity index (χ2v) is 5.04. The molecule has 0 fully saturated rings. The summed E-state index contributed by atoms with van der Waals surface area (Å²) in [7, 11) is -1.35. The molecule has 1 nitrogen and oxygen atoms in total. The molecule has 90 valence electrons. The summed E-state index contributed by atoms with van der Waals surface area (Å²) in [5.74, 6) is 0.322. The summed E-state index contributed by atoms with van der Waals surface area (Å²) in [6.45, 7) is 3.35. The molecular weight excluding hydrogens is 237 g/mol. The Morgan fingerprint density at radius 1 is 1.25 bits per heavy atom. The van der Waals surface area contributed by atoms with Crippen LogP contribution < -0.4 is 0 Å². The second kappa shape index (κ2) is 4.99. The summed E-state index contributed by atoms with van der Waals surface area (Å²) in [5, 5.41) is 0. The summed E-state index contributed by atoms with van der Waals surface area (Å²) in [5.41, 5.74) is -0.432. The van der Waals surface area contributed by atoms with Crippen LogP contribution in [0.15, 0.2) is 23.1 Å². The highest BCUT2D eigenvalue weighted by atomic mass is 32.2. The van der Waals surface area contributed by atoms with Crippen LogP contribution >= 0.6 is 0 Å². The number of benzene rings is 1. The van der Waals surface area contributed by atoms with Gasteiger partial charge < -0.3 is 0 Å². The van der Waals surface area contributed by atoms with E-state index < -0.39 is 22.5 Å². The molecule has 1 aromatic carbocycles. The minimum absolute atomic E-state index is 0.240. The molecule has 0 aliphatic heterocycles. The van der Waals surface area contributed by atoms with Gasteiger partial charge >= 0.3 is 6.18 Å². The zero-order valence-corrected chi connectivity index (χ0v) is 9.91. The van der Waals surface area contributed by atoms with E-state index in [-0.39, 0.29) is 10.5 Å². The van der Waals surface area contributed by atoms with Crippen LogP contribution in [0.4, 0.5) is 13.2 Å². The Hall–Kier alpha value is -0.840. The Morgan fingerprint density at radius 2 is 1.88 bits per heavy atom. The lowest BCUT2D eigenvalue weighted by molar-refractivity contribution is -0.138. The third-order valence-electron chi connectivity index (χ3n) is 2.29. The van der Waals surface area contributed by atoms with E-state index in [4.69, 9.17) is 0 Å². The van der Waals surface area contributed by atoms with Crippen LogP contribution in [0.5, 0.6) is 0 Å². The van der Waals surface area contributed by atoms with E-state index in [1.54, 1.807) is 13.8 Å². The van der Waals surface area contributed by atoms with Gasteiger partial charge in [-0.3, -0.25) is 4.21 Å². The van der Waals surface area contributed by atoms with E-state index in [1.165, 1.54) is 12.1 Å². The van der Waals surface area contributed by atoms with Crippen LogP contribution in [0, 0.1) is 0 Å². The standard InChI is InChI=1S/C11H13F3OS/c1-3-8-5-6-9(16(15)4-2)7-10(8)11(12,13)14/h5-7H,3-4H2,1-2H3. The Kier molecular flexibility index (Phi) is 4.13. The number of halogens is 3.